The second-order valence-electron chi connectivity index (χ2n) is 5.04. The van der Waals surface area contributed by atoms with Gasteiger partial charge in [0.25, 0.3) is 0 Å². The van der Waals surface area contributed by atoms with Crippen LogP contribution in [-0.2, 0) is 0 Å². The van der Waals surface area contributed by atoms with Crippen LogP contribution in [0, 0.1) is 11.6 Å². The van der Waals surface area contributed by atoms with Crippen LogP contribution < -0.4 is 10.1 Å². The minimum Gasteiger partial charge on any atom is -0.434 e. The summed E-state index contributed by atoms with van der Waals surface area (Å²) in [6.07, 6.45) is -2.52. The average molecular weight is 358 g/mol. The predicted molar refractivity (Wildman–Crippen MR) is 78.6 cm³/mol. The monoisotopic (exact) mass is 358 g/mol. The molecule has 0 unspecified atom stereocenters. The molecule has 1 N–H and O–H groups in total. The lowest BCUT2D eigenvalue weighted by atomic mass is 10.3. The van der Waals surface area contributed by atoms with Crippen LogP contribution in [0.25, 0.3) is 5.65 Å². The number of imidazole rings is 1. The largest absolute Gasteiger partial charge is 0.434 e. The molecule has 0 aliphatic rings. The SMILES string of the molecule is Fc1cccc(Oc2cc(NCCC(F)(F)F)c3nccn3n2)c1F. The fraction of sp³-hybridized carbons (Fsp3) is 0.200. The van der Waals surface area contributed by atoms with E-state index in [1.807, 2.05) is 0 Å². The lowest BCUT2D eigenvalue weighted by molar-refractivity contribution is -0.131. The first-order valence-corrected chi connectivity index (χ1v) is 7.10. The Bertz CT molecular complexity index is 893. The number of aromatic nitrogens is 3. The van der Waals surface area contributed by atoms with Crippen molar-refractivity contribution in [2.24, 2.45) is 0 Å². The summed E-state index contributed by atoms with van der Waals surface area (Å²) in [5.74, 6) is -2.82. The molecule has 2 heterocycles. The zero-order valence-corrected chi connectivity index (χ0v) is 12.5. The van der Waals surface area contributed by atoms with Crippen molar-refractivity contribution in [1.82, 2.24) is 14.6 Å². The first-order valence-electron chi connectivity index (χ1n) is 7.10. The summed E-state index contributed by atoms with van der Waals surface area (Å²) in [5.41, 5.74) is 0.491. The van der Waals surface area contributed by atoms with Gasteiger partial charge in [0.1, 0.15) is 0 Å². The Hall–Kier alpha value is -2.91. The predicted octanol–water partition coefficient (Wildman–Crippen LogP) is 4.16. The molecule has 132 valence electrons. The van der Waals surface area contributed by atoms with E-state index >= 15 is 0 Å². The molecule has 0 spiro atoms. The molecule has 25 heavy (non-hydrogen) atoms. The van der Waals surface area contributed by atoms with E-state index in [0.29, 0.717) is 0 Å². The lowest BCUT2D eigenvalue weighted by Gasteiger charge is -2.12. The third kappa shape index (κ3) is 3.95. The fourth-order valence-electron chi connectivity index (χ4n) is 2.09. The molecule has 2 aromatic heterocycles. The van der Waals surface area contributed by atoms with Gasteiger partial charge in [0.2, 0.25) is 11.7 Å². The zero-order chi connectivity index (χ0) is 18.0. The van der Waals surface area contributed by atoms with Gasteiger partial charge in [0.15, 0.2) is 17.2 Å². The van der Waals surface area contributed by atoms with Crippen LogP contribution in [0.1, 0.15) is 6.42 Å². The van der Waals surface area contributed by atoms with Crippen LogP contribution in [0.4, 0.5) is 27.6 Å². The van der Waals surface area contributed by atoms with Crippen molar-refractivity contribution in [2.45, 2.75) is 12.6 Å². The van der Waals surface area contributed by atoms with Crippen molar-refractivity contribution < 1.29 is 26.7 Å². The molecule has 0 saturated carbocycles. The quantitative estimate of drug-likeness (QED) is 0.696. The number of nitrogens with zero attached hydrogens (tertiary/aromatic N) is 3. The van der Waals surface area contributed by atoms with Gasteiger partial charge in [-0.2, -0.15) is 17.6 Å². The van der Waals surface area contributed by atoms with E-state index in [4.69, 9.17) is 4.74 Å². The summed E-state index contributed by atoms with van der Waals surface area (Å²) in [4.78, 5) is 3.98. The molecular weight excluding hydrogens is 347 g/mol. The molecule has 0 aliphatic heterocycles. The van der Waals surface area contributed by atoms with Crippen molar-refractivity contribution in [3.63, 3.8) is 0 Å². The molecule has 0 saturated heterocycles. The molecular formula is C15H11F5N4O. The molecule has 0 aliphatic carbocycles. The smallest absolute Gasteiger partial charge is 0.390 e. The Morgan fingerprint density at radius 2 is 2.00 bits per heavy atom. The molecule has 0 bridgehead atoms. The number of rotatable bonds is 5. The second kappa shape index (κ2) is 6.54. The molecule has 0 fully saturated rings. The van der Waals surface area contributed by atoms with E-state index in [2.05, 4.69) is 15.4 Å². The van der Waals surface area contributed by atoms with Gasteiger partial charge in [-0.25, -0.2) is 13.9 Å². The number of alkyl halides is 3. The van der Waals surface area contributed by atoms with Crippen molar-refractivity contribution >= 4 is 11.3 Å². The normalized spacial score (nSPS) is 11.7. The molecule has 3 rings (SSSR count). The van der Waals surface area contributed by atoms with Gasteiger partial charge in [-0.3, -0.25) is 0 Å². The summed E-state index contributed by atoms with van der Waals surface area (Å²) in [5, 5.41) is 6.59. The number of benzene rings is 1. The molecule has 10 heteroatoms. The highest BCUT2D eigenvalue weighted by molar-refractivity contribution is 5.68. The fourth-order valence-corrected chi connectivity index (χ4v) is 2.09. The first-order chi connectivity index (χ1) is 11.8. The second-order valence-corrected chi connectivity index (χ2v) is 5.04. The third-order valence-corrected chi connectivity index (χ3v) is 3.19. The first kappa shape index (κ1) is 16.9. The van der Waals surface area contributed by atoms with Crippen LogP contribution in [0.2, 0.25) is 0 Å². The number of ether oxygens (including phenoxy) is 1. The highest BCUT2D eigenvalue weighted by atomic mass is 19.4. The van der Waals surface area contributed by atoms with Crippen molar-refractivity contribution in [3.8, 4) is 11.6 Å². The van der Waals surface area contributed by atoms with Gasteiger partial charge in [-0.15, -0.1) is 5.10 Å². The van der Waals surface area contributed by atoms with Crippen LogP contribution in [0.5, 0.6) is 11.6 Å². The standard InChI is InChI=1S/C15H11F5N4O/c16-9-2-1-3-11(13(9)17)25-12-8-10(21-5-4-15(18,19)20)14-22-6-7-24(14)23-12/h1-3,6-8,21H,4-5H2. The van der Waals surface area contributed by atoms with Gasteiger partial charge in [0, 0.05) is 25.0 Å². The van der Waals surface area contributed by atoms with Gasteiger partial charge in [-0.05, 0) is 12.1 Å². The zero-order valence-electron chi connectivity index (χ0n) is 12.5. The van der Waals surface area contributed by atoms with Gasteiger partial charge in [0.05, 0.1) is 12.1 Å². The maximum absolute atomic E-state index is 13.7. The van der Waals surface area contributed by atoms with Crippen LogP contribution in [0.15, 0.2) is 36.7 Å². The van der Waals surface area contributed by atoms with Crippen molar-refractivity contribution in [2.75, 3.05) is 11.9 Å². The summed E-state index contributed by atoms with van der Waals surface area (Å²) in [6, 6.07) is 4.66. The molecule has 0 amide bonds. The summed E-state index contributed by atoms with van der Waals surface area (Å²) >= 11 is 0. The number of hydrogen-bond donors (Lipinski definition) is 1. The maximum Gasteiger partial charge on any atom is 0.390 e. The number of fused-ring (bicyclic) bond motifs is 1. The number of nitrogens with one attached hydrogen (secondary N) is 1. The number of hydrogen-bond acceptors (Lipinski definition) is 4. The number of anilines is 1. The van der Waals surface area contributed by atoms with Crippen molar-refractivity contribution in [3.05, 3.63) is 48.3 Å². The Kier molecular flexibility index (Phi) is 4.43. The van der Waals surface area contributed by atoms with E-state index in [9.17, 15) is 22.0 Å². The Labute approximate surface area is 138 Å². The highest BCUT2D eigenvalue weighted by Gasteiger charge is 2.26. The highest BCUT2D eigenvalue weighted by Crippen LogP contribution is 2.28. The van der Waals surface area contributed by atoms with Gasteiger partial charge < -0.3 is 10.1 Å². The Morgan fingerprint density at radius 3 is 2.76 bits per heavy atom. The maximum atomic E-state index is 13.7. The summed E-state index contributed by atoms with van der Waals surface area (Å²) < 4.78 is 70.3. The molecule has 0 atom stereocenters. The molecule has 3 aromatic rings. The summed E-state index contributed by atoms with van der Waals surface area (Å²) in [7, 11) is 0. The Morgan fingerprint density at radius 1 is 1.20 bits per heavy atom. The average Bonchev–Trinajstić information content (AvgIpc) is 2.99. The summed E-state index contributed by atoms with van der Waals surface area (Å²) in [6.45, 7) is -0.385. The van der Waals surface area contributed by atoms with E-state index in [1.54, 1.807) is 0 Å². The minimum atomic E-state index is -4.31. The van der Waals surface area contributed by atoms with E-state index in [1.165, 1.54) is 35.1 Å². The van der Waals surface area contributed by atoms with Crippen LogP contribution >= 0.6 is 0 Å². The number of halogens is 5. The van der Waals surface area contributed by atoms with Crippen LogP contribution in [-0.4, -0.2) is 27.3 Å². The lowest BCUT2D eigenvalue weighted by Crippen LogP contribution is -2.15. The minimum absolute atomic E-state index is 0.135. The van der Waals surface area contributed by atoms with E-state index in [0.717, 1.165) is 6.07 Å². The van der Waals surface area contributed by atoms with Gasteiger partial charge in [-0.1, -0.05) is 6.07 Å². The van der Waals surface area contributed by atoms with Crippen LogP contribution in [0.3, 0.4) is 0 Å². The van der Waals surface area contributed by atoms with E-state index in [-0.39, 0.29) is 23.8 Å². The van der Waals surface area contributed by atoms with Crippen molar-refractivity contribution in [1.29, 1.82) is 0 Å². The topological polar surface area (TPSA) is 51.5 Å². The Balaban J connectivity index is 1.87. The molecule has 1 aromatic carbocycles. The molecule has 0 radical (unpaired) electrons. The molecule has 5 nitrogen and oxygen atoms in total. The third-order valence-electron chi connectivity index (χ3n) is 3.19. The van der Waals surface area contributed by atoms with E-state index < -0.39 is 30.0 Å². The van der Waals surface area contributed by atoms with Gasteiger partial charge >= 0.3 is 6.18 Å².